The van der Waals surface area contributed by atoms with Crippen molar-refractivity contribution in [3.8, 4) is 0 Å². The molecular formula is C17H22N2O7. The summed E-state index contributed by atoms with van der Waals surface area (Å²) in [6.07, 6.45) is 0.617. The van der Waals surface area contributed by atoms with Crippen molar-refractivity contribution in [3.05, 3.63) is 29.3 Å². The van der Waals surface area contributed by atoms with Crippen LogP contribution in [-0.2, 0) is 9.53 Å². The SMILES string of the molecule is CCC(C)(C)C(=O)OCCNC(=O)Nc1cc(C(=O)O)cc(C(=O)O)c1. The van der Waals surface area contributed by atoms with Gasteiger partial charge in [-0.25, -0.2) is 14.4 Å². The Labute approximate surface area is 150 Å². The van der Waals surface area contributed by atoms with Crippen LogP contribution in [0.15, 0.2) is 18.2 Å². The van der Waals surface area contributed by atoms with Gasteiger partial charge in [0.05, 0.1) is 23.1 Å². The molecule has 0 saturated carbocycles. The Hall–Kier alpha value is -3.10. The number of urea groups is 1. The van der Waals surface area contributed by atoms with Crippen LogP contribution in [0, 0.1) is 5.41 Å². The summed E-state index contributed by atoms with van der Waals surface area (Å²) in [5.74, 6) is -3.01. The van der Waals surface area contributed by atoms with E-state index < -0.39 is 23.4 Å². The Balaban J connectivity index is 2.59. The van der Waals surface area contributed by atoms with Crippen molar-refractivity contribution < 1.29 is 34.1 Å². The maximum Gasteiger partial charge on any atom is 0.335 e. The number of esters is 1. The first kappa shape index (κ1) is 20.9. The summed E-state index contributed by atoms with van der Waals surface area (Å²) in [6, 6.07) is 2.58. The quantitative estimate of drug-likeness (QED) is 0.408. The average molecular weight is 366 g/mol. The first-order valence-electron chi connectivity index (χ1n) is 7.90. The highest BCUT2D eigenvalue weighted by Crippen LogP contribution is 2.21. The van der Waals surface area contributed by atoms with E-state index in [0.717, 1.165) is 18.2 Å². The number of carbonyl (C=O) groups excluding carboxylic acids is 2. The van der Waals surface area contributed by atoms with E-state index in [1.807, 2.05) is 6.92 Å². The molecule has 0 spiro atoms. The predicted octanol–water partition coefficient (Wildman–Crippen LogP) is 2.18. The van der Waals surface area contributed by atoms with Crippen molar-refractivity contribution in [3.63, 3.8) is 0 Å². The van der Waals surface area contributed by atoms with Crippen molar-refractivity contribution in [2.24, 2.45) is 5.41 Å². The van der Waals surface area contributed by atoms with Crippen molar-refractivity contribution in [1.29, 1.82) is 0 Å². The van der Waals surface area contributed by atoms with Gasteiger partial charge in [0, 0.05) is 5.69 Å². The molecule has 1 aromatic carbocycles. The number of amides is 2. The summed E-state index contributed by atoms with van der Waals surface area (Å²) in [5, 5.41) is 22.8. The van der Waals surface area contributed by atoms with Crippen LogP contribution in [0.1, 0.15) is 47.9 Å². The first-order valence-corrected chi connectivity index (χ1v) is 7.90. The number of carboxylic acid groups (broad SMARTS) is 2. The molecule has 9 nitrogen and oxygen atoms in total. The Morgan fingerprint density at radius 1 is 1.04 bits per heavy atom. The van der Waals surface area contributed by atoms with Crippen molar-refractivity contribution in [2.75, 3.05) is 18.5 Å². The number of carbonyl (C=O) groups is 4. The van der Waals surface area contributed by atoms with Gasteiger partial charge in [-0.2, -0.15) is 0 Å². The fourth-order valence-corrected chi connectivity index (χ4v) is 1.77. The van der Waals surface area contributed by atoms with E-state index >= 15 is 0 Å². The second kappa shape index (κ2) is 8.84. The van der Waals surface area contributed by atoms with Crippen LogP contribution >= 0.6 is 0 Å². The smallest absolute Gasteiger partial charge is 0.335 e. The van der Waals surface area contributed by atoms with Gasteiger partial charge in [-0.3, -0.25) is 4.79 Å². The van der Waals surface area contributed by atoms with Gasteiger partial charge in [-0.15, -0.1) is 0 Å². The molecule has 0 atom stereocenters. The second-order valence-electron chi connectivity index (χ2n) is 6.16. The van der Waals surface area contributed by atoms with Crippen molar-refractivity contribution in [2.45, 2.75) is 27.2 Å². The molecule has 0 aromatic heterocycles. The second-order valence-corrected chi connectivity index (χ2v) is 6.16. The lowest BCUT2D eigenvalue weighted by Gasteiger charge is -2.20. The zero-order valence-electron chi connectivity index (χ0n) is 14.8. The van der Waals surface area contributed by atoms with Gasteiger partial charge in [0.15, 0.2) is 0 Å². The Morgan fingerprint density at radius 2 is 1.58 bits per heavy atom. The molecule has 0 unspecified atom stereocenters. The fraction of sp³-hybridized carbons (Fsp3) is 0.412. The van der Waals surface area contributed by atoms with Gasteiger partial charge >= 0.3 is 23.9 Å². The Bertz CT molecular complexity index is 681. The largest absolute Gasteiger partial charge is 0.478 e. The molecule has 0 heterocycles. The highest BCUT2D eigenvalue weighted by Gasteiger charge is 2.26. The molecule has 0 aliphatic carbocycles. The molecule has 0 bridgehead atoms. The minimum Gasteiger partial charge on any atom is -0.478 e. The first-order chi connectivity index (χ1) is 12.1. The maximum atomic E-state index is 11.8. The predicted molar refractivity (Wildman–Crippen MR) is 92.4 cm³/mol. The van der Waals surface area contributed by atoms with Gasteiger partial charge in [0.2, 0.25) is 0 Å². The number of benzene rings is 1. The summed E-state index contributed by atoms with van der Waals surface area (Å²) >= 11 is 0. The lowest BCUT2D eigenvalue weighted by atomic mass is 9.91. The normalized spacial score (nSPS) is 10.7. The molecule has 0 aliphatic rings. The minimum absolute atomic E-state index is 0.0175. The monoisotopic (exact) mass is 366 g/mol. The molecule has 9 heteroatoms. The van der Waals surface area contributed by atoms with E-state index in [1.165, 1.54) is 0 Å². The Kier molecular flexibility index (Phi) is 7.12. The molecule has 142 valence electrons. The van der Waals surface area contributed by atoms with Gasteiger partial charge in [0.1, 0.15) is 6.61 Å². The van der Waals surface area contributed by atoms with Gasteiger partial charge in [0.25, 0.3) is 0 Å². The fourth-order valence-electron chi connectivity index (χ4n) is 1.77. The molecular weight excluding hydrogens is 344 g/mol. The molecule has 1 aromatic rings. The van der Waals surface area contributed by atoms with Gasteiger partial charge < -0.3 is 25.6 Å². The zero-order chi connectivity index (χ0) is 19.9. The summed E-state index contributed by atoms with van der Waals surface area (Å²) in [5.41, 5.74) is -1.12. The molecule has 0 aliphatic heterocycles. The number of rotatable bonds is 8. The number of anilines is 1. The van der Waals surface area contributed by atoms with E-state index in [4.69, 9.17) is 14.9 Å². The molecule has 4 N–H and O–H groups in total. The molecule has 1 rings (SSSR count). The van der Waals surface area contributed by atoms with E-state index in [0.29, 0.717) is 6.42 Å². The molecule has 2 amide bonds. The molecule has 0 fully saturated rings. The average Bonchev–Trinajstić information content (AvgIpc) is 2.57. The number of carboxylic acids is 2. The number of hydrogen-bond acceptors (Lipinski definition) is 5. The van der Waals surface area contributed by atoms with Crippen LogP contribution in [0.4, 0.5) is 10.5 Å². The lowest BCUT2D eigenvalue weighted by Crippen LogP contribution is -2.34. The van der Waals surface area contributed by atoms with Crippen LogP contribution < -0.4 is 10.6 Å². The van der Waals surface area contributed by atoms with E-state index in [-0.39, 0.29) is 35.9 Å². The van der Waals surface area contributed by atoms with Gasteiger partial charge in [-0.1, -0.05) is 6.92 Å². The molecule has 0 saturated heterocycles. The van der Waals surface area contributed by atoms with Crippen LogP contribution in [-0.4, -0.2) is 47.3 Å². The van der Waals surface area contributed by atoms with Crippen LogP contribution in [0.2, 0.25) is 0 Å². The topological polar surface area (TPSA) is 142 Å². The van der Waals surface area contributed by atoms with Crippen LogP contribution in [0.5, 0.6) is 0 Å². The summed E-state index contributed by atoms with van der Waals surface area (Å²) in [7, 11) is 0. The Morgan fingerprint density at radius 3 is 2.04 bits per heavy atom. The highest BCUT2D eigenvalue weighted by molar-refractivity contribution is 5.98. The third-order valence-corrected chi connectivity index (χ3v) is 3.74. The standard InChI is InChI=1S/C17H22N2O7/c1-4-17(2,3)15(24)26-6-5-18-16(25)19-12-8-10(13(20)21)7-11(9-12)14(22)23/h7-9H,4-6H2,1-3H3,(H,20,21)(H,22,23)(H2,18,19,25). The maximum absolute atomic E-state index is 11.8. The third-order valence-electron chi connectivity index (χ3n) is 3.74. The third kappa shape index (κ3) is 6.08. The van der Waals surface area contributed by atoms with Crippen LogP contribution in [0.25, 0.3) is 0 Å². The van der Waals surface area contributed by atoms with Crippen molar-refractivity contribution >= 4 is 29.6 Å². The summed E-state index contributed by atoms with van der Waals surface area (Å²) in [6.45, 7) is 5.40. The molecule has 0 radical (unpaired) electrons. The highest BCUT2D eigenvalue weighted by atomic mass is 16.5. The summed E-state index contributed by atoms with van der Waals surface area (Å²) in [4.78, 5) is 45.6. The lowest BCUT2D eigenvalue weighted by molar-refractivity contribution is -0.153. The van der Waals surface area contributed by atoms with E-state index in [9.17, 15) is 19.2 Å². The molecule has 26 heavy (non-hydrogen) atoms. The number of aromatic carboxylic acids is 2. The van der Waals surface area contributed by atoms with Crippen LogP contribution in [0.3, 0.4) is 0 Å². The zero-order valence-corrected chi connectivity index (χ0v) is 14.8. The number of hydrogen-bond donors (Lipinski definition) is 4. The minimum atomic E-state index is -1.32. The number of nitrogens with one attached hydrogen (secondary N) is 2. The number of ether oxygens (including phenoxy) is 1. The van der Waals surface area contributed by atoms with Gasteiger partial charge in [-0.05, 0) is 38.5 Å². The van der Waals surface area contributed by atoms with E-state index in [1.54, 1.807) is 13.8 Å². The van der Waals surface area contributed by atoms with Crippen molar-refractivity contribution in [1.82, 2.24) is 5.32 Å². The summed E-state index contributed by atoms with van der Waals surface area (Å²) < 4.78 is 5.06. The van der Waals surface area contributed by atoms with E-state index in [2.05, 4.69) is 10.6 Å².